The number of aromatic nitrogens is 4. The number of tetrazole rings is 1. The number of rotatable bonds is 4. The van der Waals surface area contributed by atoms with Crippen molar-refractivity contribution >= 4 is 27.2 Å². The smallest absolute Gasteiger partial charge is 0.216 e. The summed E-state index contributed by atoms with van der Waals surface area (Å²) in [5.74, 6) is 0.363. The summed E-state index contributed by atoms with van der Waals surface area (Å²) in [6.45, 7) is 0. The first-order chi connectivity index (χ1) is 11.7. The second-order valence-corrected chi connectivity index (χ2v) is 5.58. The van der Waals surface area contributed by atoms with E-state index in [4.69, 9.17) is 0 Å². The summed E-state index contributed by atoms with van der Waals surface area (Å²) >= 11 is 3.48. The number of benzene rings is 2. The number of allylic oxidation sites excluding steroid dienone is 1. The van der Waals surface area contributed by atoms with Gasteiger partial charge in [-0.1, -0.05) is 30.3 Å². The Morgan fingerprint density at radius 2 is 2.00 bits per heavy atom. The molecule has 0 radical (unpaired) electrons. The number of nitrogens with zero attached hydrogens (tertiary/aromatic N) is 4. The van der Waals surface area contributed by atoms with Crippen molar-refractivity contribution in [1.82, 2.24) is 20.6 Å². The second kappa shape index (κ2) is 6.93. The van der Waals surface area contributed by atoms with Gasteiger partial charge in [-0.25, -0.2) is 0 Å². The summed E-state index contributed by atoms with van der Waals surface area (Å²) in [6, 6.07) is 14.6. The molecule has 0 aliphatic rings. The molecule has 0 amide bonds. The third-order valence-corrected chi connectivity index (χ3v) is 3.94. The van der Waals surface area contributed by atoms with E-state index in [1.54, 1.807) is 12.1 Å². The SMILES string of the molecule is N#CC(=CNc1c(Br)cccc1-c1ccccc1O)c1nn[nH]n1. The van der Waals surface area contributed by atoms with Crippen molar-refractivity contribution in [3.05, 3.63) is 59.0 Å². The second-order valence-electron chi connectivity index (χ2n) is 4.73. The van der Waals surface area contributed by atoms with Crippen molar-refractivity contribution in [2.75, 3.05) is 5.32 Å². The van der Waals surface area contributed by atoms with Crippen LogP contribution in [0.5, 0.6) is 5.75 Å². The summed E-state index contributed by atoms with van der Waals surface area (Å²) < 4.78 is 0.782. The van der Waals surface area contributed by atoms with Gasteiger partial charge in [0, 0.05) is 21.8 Å². The Bertz CT molecular complexity index is 930. The van der Waals surface area contributed by atoms with Crippen molar-refractivity contribution in [1.29, 1.82) is 5.26 Å². The molecule has 3 N–H and O–H groups in total. The van der Waals surface area contributed by atoms with Gasteiger partial charge in [0.2, 0.25) is 5.82 Å². The fourth-order valence-electron chi connectivity index (χ4n) is 2.16. The maximum Gasteiger partial charge on any atom is 0.216 e. The van der Waals surface area contributed by atoms with Gasteiger partial charge in [-0.3, -0.25) is 0 Å². The van der Waals surface area contributed by atoms with E-state index in [9.17, 15) is 10.4 Å². The highest BCUT2D eigenvalue weighted by Gasteiger charge is 2.12. The zero-order valence-corrected chi connectivity index (χ0v) is 13.8. The molecule has 0 spiro atoms. The molecule has 0 fully saturated rings. The molecule has 8 heteroatoms. The van der Waals surface area contributed by atoms with Crippen molar-refractivity contribution < 1.29 is 5.11 Å². The summed E-state index contributed by atoms with van der Waals surface area (Å²) in [5.41, 5.74) is 2.38. The molecule has 0 aliphatic carbocycles. The highest BCUT2D eigenvalue weighted by Crippen LogP contribution is 2.38. The quantitative estimate of drug-likeness (QED) is 0.596. The Morgan fingerprint density at radius 1 is 1.21 bits per heavy atom. The van der Waals surface area contributed by atoms with E-state index in [0.717, 1.165) is 10.0 Å². The van der Waals surface area contributed by atoms with Crippen LogP contribution in [0.2, 0.25) is 0 Å². The fourth-order valence-corrected chi connectivity index (χ4v) is 2.64. The van der Waals surface area contributed by atoms with Crippen LogP contribution < -0.4 is 5.32 Å². The van der Waals surface area contributed by atoms with Crippen molar-refractivity contribution in [2.45, 2.75) is 0 Å². The standard InChI is InChI=1S/C16H11BrN6O/c17-13-6-3-5-12(11-4-1-2-7-14(11)24)15(13)19-9-10(8-18)16-20-22-23-21-16/h1-7,9,19,24H,(H,20,21,22,23). The Hall–Kier alpha value is -3.18. The monoisotopic (exact) mass is 382 g/mol. The molecule has 0 aliphatic heterocycles. The maximum atomic E-state index is 10.1. The Morgan fingerprint density at radius 3 is 2.71 bits per heavy atom. The Labute approximate surface area is 145 Å². The van der Waals surface area contributed by atoms with Crippen LogP contribution in [0.3, 0.4) is 0 Å². The molecule has 118 valence electrons. The van der Waals surface area contributed by atoms with E-state index >= 15 is 0 Å². The lowest BCUT2D eigenvalue weighted by Crippen LogP contribution is -1.96. The van der Waals surface area contributed by atoms with Gasteiger partial charge < -0.3 is 10.4 Å². The molecule has 1 aromatic heterocycles. The topological polar surface area (TPSA) is 111 Å². The number of anilines is 1. The maximum absolute atomic E-state index is 10.1. The van der Waals surface area contributed by atoms with Crippen LogP contribution in [0.25, 0.3) is 16.7 Å². The molecule has 3 aromatic rings. The van der Waals surface area contributed by atoms with Crippen LogP contribution in [0.15, 0.2) is 53.1 Å². The first-order valence-electron chi connectivity index (χ1n) is 6.88. The third-order valence-electron chi connectivity index (χ3n) is 3.28. The first kappa shape index (κ1) is 15.7. The van der Waals surface area contributed by atoms with Gasteiger partial charge in [0.25, 0.3) is 0 Å². The zero-order chi connectivity index (χ0) is 16.9. The number of phenols is 1. The molecular formula is C16H11BrN6O. The number of hydrogen-bond acceptors (Lipinski definition) is 6. The summed E-state index contributed by atoms with van der Waals surface area (Å²) in [5, 5.41) is 35.8. The predicted octanol–water partition coefficient (Wildman–Crippen LogP) is 3.31. The zero-order valence-electron chi connectivity index (χ0n) is 12.2. The molecule has 0 bridgehead atoms. The normalized spacial score (nSPS) is 11.1. The van der Waals surface area contributed by atoms with E-state index in [-0.39, 0.29) is 17.1 Å². The van der Waals surface area contributed by atoms with Crippen molar-refractivity contribution in [3.8, 4) is 22.9 Å². The van der Waals surface area contributed by atoms with Crippen LogP contribution in [-0.2, 0) is 0 Å². The summed E-state index contributed by atoms with van der Waals surface area (Å²) in [6.07, 6.45) is 1.49. The van der Waals surface area contributed by atoms with Gasteiger partial charge in [-0.2, -0.15) is 10.5 Å². The average Bonchev–Trinajstić information content (AvgIpc) is 3.11. The van der Waals surface area contributed by atoms with Gasteiger partial charge >= 0.3 is 0 Å². The summed E-state index contributed by atoms with van der Waals surface area (Å²) in [7, 11) is 0. The number of halogens is 1. The van der Waals surface area contributed by atoms with Crippen molar-refractivity contribution in [2.24, 2.45) is 0 Å². The molecule has 0 atom stereocenters. The summed E-state index contributed by atoms with van der Waals surface area (Å²) in [4.78, 5) is 0. The van der Waals surface area contributed by atoms with Crippen LogP contribution in [0, 0.1) is 11.3 Å². The lowest BCUT2D eigenvalue weighted by Gasteiger charge is -2.13. The van der Waals surface area contributed by atoms with E-state index < -0.39 is 0 Å². The van der Waals surface area contributed by atoms with Gasteiger partial charge in [-0.15, -0.1) is 10.2 Å². The Kier molecular flexibility index (Phi) is 4.54. The predicted molar refractivity (Wildman–Crippen MR) is 92.6 cm³/mol. The fraction of sp³-hybridized carbons (Fsp3) is 0. The van der Waals surface area contributed by atoms with E-state index in [0.29, 0.717) is 11.3 Å². The minimum Gasteiger partial charge on any atom is -0.507 e. The van der Waals surface area contributed by atoms with Gasteiger partial charge in [0.05, 0.1) is 5.69 Å². The molecule has 3 rings (SSSR count). The van der Waals surface area contributed by atoms with Crippen LogP contribution in [0.4, 0.5) is 5.69 Å². The average molecular weight is 383 g/mol. The largest absolute Gasteiger partial charge is 0.507 e. The highest BCUT2D eigenvalue weighted by atomic mass is 79.9. The van der Waals surface area contributed by atoms with Gasteiger partial charge in [0.15, 0.2) is 0 Å². The molecular weight excluding hydrogens is 372 g/mol. The van der Waals surface area contributed by atoms with E-state index in [1.165, 1.54) is 6.20 Å². The minimum atomic E-state index is 0.168. The minimum absolute atomic E-state index is 0.168. The number of hydrogen-bond donors (Lipinski definition) is 3. The van der Waals surface area contributed by atoms with Crippen molar-refractivity contribution in [3.63, 3.8) is 0 Å². The molecule has 0 saturated carbocycles. The number of aromatic amines is 1. The van der Waals surface area contributed by atoms with E-state index in [1.807, 2.05) is 36.4 Å². The molecule has 1 heterocycles. The number of aromatic hydroxyl groups is 1. The van der Waals surface area contributed by atoms with Gasteiger partial charge in [0.1, 0.15) is 17.4 Å². The van der Waals surface area contributed by atoms with Crippen LogP contribution in [0.1, 0.15) is 5.82 Å². The van der Waals surface area contributed by atoms with Crippen LogP contribution in [-0.4, -0.2) is 25.7 Å². The lowest BCUT2D eigenvalue weighted by atomic mass is 10.0. The first-order valence-corrected chi connectivity index (χ1v) is 7.67. The molecule has 0 saturated heterocycles. The van der Waals surface area contributed by atoms with Crippen LogP contribution >= 0.6 is 15.9 Å². The molecule has 24 heavy (non-hydrogen) atoms. The number of para-hydroxylation sites is 2. The third kappa shape index (κ3) is 3.11. The molecule has 7 nitrogen and oxygen atoms in total. The number of nitrogens with one attached hydrogen (secondary N) is 2. The number of phenolic OH excluding ortho intramolecular Hbond substituents is 1. The van der Waals surface area contributed by atoms with Gasteiger partial charge in [-0.05, 0) is 33.3 Å². The molecule has 0 unspecified atom stereocenters. The lowest BCUT2D eigenvalue weighted by molar-refractivity contribution is 0.477. The number of nitriles is 1. The molecule has 2 aromatic carbocycles. The van der Waals surface area contributed by atoms with E-state index in [2.05, 4.69) is 41.9 Å². The number of H-pyrrole nitrogens is 1. The highest BCUT2D eigenvalue weighted by molar-refractivity contribution is 9.10. The Balaban J connectivity index is 2.03.